The van der Waals surface area contributed by atoms with Crippen LogP contribution in [-0.4, -0.2) is 62.1 Å². The highest BCUT2D eigenvalue weighted by Crippen LogP contribution is 2.40. The number of hydrogen-bond acceptors (Lipinski definition) is 5. The highest BCUT2D eigenvalue weighted by atomic mass is 32.2. The molecule has 2 fully saturated rings. The van der Waals surface area contributed by atoms with Crippen LogP contribution in [0.5, 0.6) is 0 Å². The summed E-state index contributed by atoms with van der Waals surface area (Å²) in [7, 11) is -7.05. The van der Waals surface area contributed by atoms with Crippen LogP contribution in [0.1, 0.15) is 26.7 Å². The van der Waals surface area contributed by atoms with Gasteiger partial charge >= 0.3 is 5.97 Å². The van der Waals surface area contributed by atoms with Crippen LogP contribution in [0, 0.1) is 11.3 Å². The number of sulfone groups is 1. The van der Waals surface area contributed by atoms with E-state index in [0.717, 1.165) is 0 Å². The quantitative estimate of drug-likeness (QED) is 0.768. The second-order valence-electron chi connectivity index (χ2n) is 6.27. The van der Waals surface area contributed by atoms with Gasteiger partial charge in [0.25, 0.3) is 0 Å². The van der Waals surface area contributed by atoms with Gasteiger partial charge in [-0.05, 0) is 18.8 Å². The van der Waals surface area contributed by atoms with Crippen molar-refractivity contribution < 1.29 is 26.7 Å². The minimum atomic E-state index is -3.76. The molecule has 2 rings (SSSR count). The summed E-state index contributed by atoms with van der Waals surface area (Å²) in [5.41, 5.74) is -1.08. The first-order valence-electron chi connectivity index (χ1n) is 6.94. The first kappa shape index (κ1) is 16.7. The smallest absolute Gasteiger partial charge is 0.311 e. The number of carboxylic acids is 1. The SMILES string of the molecule is CC(C)C1(C(=O)O)CCN(S(=O)(=O)C2CCS(=O)(=O)C2)C1. The van der Waals surface area contributed by atoms with Crippen LogP contribution >= 0.6 is 0 Å². The summed E-state index contributed by atoms with van der Waals surface area (Å²) in [6.07, 6.45) is 0.363. The van der Waals surface area contributed by atoms with Crippen molar-refractivity contribution in [3.8, 4) is 0 Å². The second-order valence-corrected chi connectivity index (χ2v) is 10.7. The topological polar surface area (TPSA) is 109 Å². The van der Waals surface area contributed by atoms with Crippen LogP contribution in [0.15, 0.2) is 0 Å². The van der Waals surface area contributed by atoms with Gasteiger partial charge in [0.1, 0.15) is 0 Å². The zero-order valence-corrected chi connectivity index (χ0v) is 13.8. The summed E-state index contributed by atoms with van der Waals surface area (Å²) in [6, 6.07) is 0. The van der Waals surface area contributed by atoms with E-state index >= 15 is 0 Å². The number of nitrogens with zero attached hydrogens (tertiary/aromatic N) is 1. The van der Waals surface area contributed by atoms with E-state index in [1.165, 1.54) is 4.31 Å². The Morgan fingerprint density at radius 3 is 2.38 bits per heavy atom. The zero-order chi connectivity index (χ0) is 16.1. The number of sulfonamides is 1. The molecule has 122 valence electrons. The van der Waals surface area contributed by atoms with E-state index in [4.69, 9.17) is 0 Å². The molecule has 0 aromatic heterocycles. The average molecular weight is 339 g/mol. The Hall–Kier alpha value is -0.670. The lowest BCUT2D eigenvalue weighted by Crippen LogP contribution is -2.43. The lowest BCUT2D eigenvalue weighted by atomic mass is 9.77. The molecule has 0 saturated carbocycles. The summed E-state index contributed by atoms with van der Waals surface area (Å²) >= 11 is 0. The maximum atomic E-state index is 12.5. The monoisotopic (exact) mass is 339 g/mol. The van der Waals surface area contributed by atoms with Gasteiger partial charge in [-0.15, -0.1) is 0 Å². The maximum absolute atomic E-state index is 12.5. The number of hydrogen-bond donors (Lipinski definition) is 1. The van der Waals surface area contributed by atoms with Crippen molar-refractivity contribution in [2.24, 2.45) is 11.3 Å². The molecule has 0 amide bonds. The second kappa shape index (κ2) is 5.20. The molecule has 1 N–H and O–H groups in total. The van der Waals surface area contributed by atoms with Gasteiger partial charge < -0.3 is 5.11 Å². The molecule has 0 aromatic carbocycles. The van der Waals surface area contributed by atoms with E-state index in [2.05, 4.69) is 0 Å². The number of aliphatic carboxylic acids is 1. The molecule has 2 heterocycles. The molecule has 2 saturated heterocycles. The third kappa shape index (κ3) is 2.83. The van der Waals surface area contributed by atoms with E-state index < -0.39 is 36.5 Å². The molecule has 2 unspecified atom stereocenters. The van der Waals surface area contributed by atoms with Crippen LogP contribution in [0.2, 0.25) is 0 Å². The molecule has 9 heteroatoms. The molecule has 2 atom stereocenters. The highest BCUT2D eigenvalue weighted by Gasteiger charge is 2.52. The Morgan fingerprint density at radius 1 is 1.38 bits per heavy atom. The Morgan fingerprint density at radius 2 is 2.00 bits per heavy atom. The van der Waals surface area contributed by atoms with Crippen molar-refractivity contribution in [3.63, 3.8) is 0 Å². The van der Waals surface area contributed by atoms with Crippen molar-refractivity contribution in [2.75, 3.05) is 24.6 Å². The van der Waals surface area contributed by atoms with Crippen molar-refractivity contribution >= 4 is 25.8 Å². The molecule has 21 heavy (non-hydrogen) atoms. The fraction of sp³-hybridized carbons (Fsp3) is 0.917. The predicted octanol–water partition coefficient (Wildman–Crippen LogP) is -0.0640. The van der Waals surface area contributed by atoms with E-state index in [1.54, 1.807) is 13.8 Å². The summed E-state index contributed by atoms with van der Waals surface area (Å²) in [5.74, 6) is -1.65. The van der Waals surface area contributed by atoms with Gasteiger partial charge in [-0.1, -0.05) is 13.8 Å². The molecule has 7 nitrogen and oxygen atoms in total. The van der Waals surface area contributed by atoms with E-state index in [-0.39, 0.29) is 43.4 Å². The normalized spacial score (nSPS) is 33.6. The Kier molecular flexibility index (Phi) is 4.14. The van der Waals surface area contributed by atoms with Gasteiger partial charge in [-0.25, -0.2) is 21.1 Å². The minimum absolute atomic E-state index is 0.0706. The number of carbonyl (C=O) groups is 1. The van der Waals surface area contributed by atoms with Crippen molar-refractivity contribution in [2.45, 2.75) is 31.9 Å². The predicted molar refractivity (Wildman–Crippen MR) is 77.1 cm³/mol. The molecular weight excluding hydrogens is 318 g/mol. The van der Waals surface area contributed by atoms with Crippen molar-refractivity contribution in [1.29, 1.82) is 0 Å². The van der Waals surface area contributed by atoms with Crippen LogP contribution in [0.4, 0.5) is 0 Å². The first-order valence-corrected chi connectivity index (χ1v) is 10.3. The van der Waals surface area contributed by atoms with Crippen LogP contribution in [0.25, 0.3) is 0 Å². The molecule has 0 radical (unpaired) electrons. The third-order valence-electron chi connectivity index (χ3n) is 4.77. The van der Waals surface area contributed by atoms with Gasteiger partial charge in [0, 0.05) is 13.1 Å². The zero-order valence-electron chi connectivity index (χ0n) is 12.1. The third-order valence-corrected chi connectivity index (χ3v) is 9.02. The maximum Gasteiger partial charge on any atom is 0.311 e. The minimum Gasteiger partial charge on any atom is -0.481 e. The lowest BCUT2D eigenvalue weighted by molar-refractivity contribution is -0.150. The molecule has 0 bridgehead atoms. The molecule has 0 spiro atoms. The Balaban J connectivity index is 2.23. The van der Waals surface area contributed by atoms with Crippen LogP contribution in [-0.2, 0) is 24.7 Å². The number of carboxylic acid groups (broad SMARTS) is 1. The van der Waals surface area contributed by atoms with Gasteiger partial charge in [0.2, 0.25) is 10.0 Å². The molecule has 0 aliphatic carbocycles. The van der Waals surface area contributed by atoms with E-state index in [0.29, 0.717) is 0 Å². The van der Waals surface area contributed by atoms with Crippen LogP contribution < -0.4 is 0 Å². The fourth-order valence-corrected chi connectivity index (χ4v) is 7.71. The fourth-order valence-electron chi connectivity index (χ4n) is 3.11. The standard InChI is InChI=1S/C12H21NO6S2/c1-9(2)12(11(14)15)4-5-13(8-12)21(18,19)10-3-6-20(16,17)7-10/h9-10H,3-8H2,1-2H3,(H,14,15). The molecular formula is C12H21NO6S2. The Bertz CT molecular complexity index is 639. The summed E-state index contributed by atoms with van der Waals surface area (Å²) < 4.78 is 49.2. The summed E-state index contributed by atoms with van der Waals surface area (Å²) in [4.78, 5) is 11.5. The summed E-state index contributed by atoms with van der Waals surface area (Å²) in [5, 5.41) is 8.52. The molecule has 2 aliphatic heterocycles. The molecule has 0 aromatic rings. The summed E-state index contributed by atoms with van der Waals surface area (Å²) in [6.45, 7) is 3.61. The first-order chi connectivity index (χ1) is 9.51. The van der Waals surface area contributed by atoms with E-state index in [1.807, 2.05) is 0 Å². The van der Waals surface area contributed by atoms with Crippen molar-refractivity contribution in [3.05, 3.63) is 0 Å². The van der Waals surface area contributed by atoms with E-state index in [9.17, 15) is 26.7 Å². The average Bonchev–Trinajstić information content (AvgIpc) is 2.93. The highest BCUT2D eigenvalue weighted by molar-refractivity contribution is 7.95. The largest absolute Gasteiger partial charge is 0.481 e. The Labute approximate surface area is 125 Å². The molecule has 2 aliphatic rings. The van der Waals surface area contributed by atoms with Gasteiger partial charge in [-0.2, -0.15) is 0 Å². The van der Waals surface area contributed by atoms with Gasteiger partial charge in [0.05, 0.1) is 22.2 Å². The number of rotatable bonds is 4. The van der Waals surface area contributed by atoms with Gasteiger partial charge in [0.15, 0.2) is 9.84 Å². The van der Waals surface area contributed by atoms with Gasteiger partial charge in [-0.3, -0.25) is 4.79 Å². The van der Waals surface area contributed by atoms with Crippen LogP contribution in [0.3, 0.4) is 0 Å². The lowest BCUT2D eigenvalue weighted by Gasteiger charge is -2.29. The van der Waals surface area contributed by atoms with Crippen molar-refractivity contribution in [1.82, 2.24) is 4.31 Å².